The number of hydrogen-bond acceptors (Lipinski definition) is 4. The number of carbonyl (C=O) groups is 2. The van der Waals surface area contributed by atoms with Gasteiger partial charge >= 0.3 is 0 Å². The lowest BCUT2D eigenvalue weighted by Crippen LogP contribution is -2.02. The normalized spacial score (nSPS) is 8.75. The summed E-state index contributed by atoms with van der Waals surface area (Å²) in [5.41, 5.74) is 0. The molecule has 0 unspecified atom stereocenters. The first-order valence-corrected chi connectivity index (χ1v) is 4.33. The van der Waals surface area contributed by atoms with Crippen LogP contribution in [0.1, 0.15) is 0 Å². The molecule has 0 spiro atoms. The second-order valence-electron chi connectivity index (χ2n) is 0.983. The molecule has 8 heavy (non-hydrogen) atoms. The Kier molecular flexibility index (Phi) is 3.99. The van der Waals surface area contributed by atoms with Gasteiger partial charge in [0.05, 0.1) is 0 Å². The highest BCUT2D eigenvalue weighted by Crippen LogP contribution is 2.03. The lowest BCUT2D eigenvalue weighted by atomic mass is 10.9. The zero-order valence-electron chi connectivity index (χ0n) is 4.63. The van der Waals surface area contributed by atoms with Crippen molar-refractivity contribution in [3.63, 3.8) is 0 Å². The fourth-order valence-electron chi connectivity index (χ4n) is 0.167. The molecular weight excluding hydrogens is 144 g/mol. The SMILES string of the molecule is CSC(=O)C(=O)SC. The van der Waals surface area contributed by atoms with Crippen molar-refractivity contribution in [2.75, 3.05) is 12.5 Å². The average Bonchev–Trinajstić information content (AvgIpc) is 1.84. The van der Waals surface area contributed by atoms with Gasteiger partial charge in [0.15, 0.2) is 0 Å². The minimum Gasteiger partial charge on any atom is -0.277 e. The van der Waals surface area contributed by atoms with E-state index in [1.807, 2.05) is 0 Å². The fourth-order valence-corrected chi connectivity index (χ4v) is 1.000. The van der Waals surface area contributed by atoms with Gasteiger partial charge in [-0.1, -0.05) is 23.5 Å². The zero-order valence-corrected chi connectivity index (χ0v) is 6.27. The van der Waals surface area contributed by atoms with E-state index in [0.29, 0.717) is 0 Å². The van der Waals surface area contributed by atoms with Crippen molar-refractivity contribution in [1.29, 1.82) is 0 Å². The van der Waals surface area contributed by atoms with Gasteiger partial charge in [0.1, 0.15) is 0 Å². The van der Waals surface area contributed by atoms with Crippen molar-refractivity contribution in [2.24, 2.45) is 0 Å². The van der Waals surface area contributed by atoms with E-state index in [9.17, 15) is 9.59 Å². The molecule has 0 bridgehead atoms. The smallest absolute Gasteiger partial charge is 0.265 e. The third kappa shape index (κ3) is 2.37. The number of rotatable bonds is 0. The second-order valence-corrected chi connectivity index (χ2v) is 2.54. The minimum atomic E-state index is -0.377. The van der Waals surface area contributed by atoms with Gasteiger partial charge in [-0.15, -0.1) is 0 Å². The number of carbonyl (C=O) groups excluding carboxylic acids is 2. The Morgan fingerprint density at radius 3 is 1.38 bits per heavy atom. The Morgan fingerprint density at radius 2 is 1.25 bits per heavy atom. The highest BCUT2D eigenvalue weighted by Gasteiger charge is 2.08. The van der Waals surface area contributed by atoms with Gasteiger partial charge in [-0.3, -0.25) is 9.59 Å². The van der Waals surface area contributed by atoms with E-state index in [2.05, 4.69) is 0 Å². The number of thioether (sulfide) groups is 2. The molecule has 0 aliphatic heterocycles. The summed E-state index contributed by atoms with van der Waals surface area (Å²) in [6.45, 7) is 0. The lowest BCUT2D eigenvalue weighted by Gasteiger charge is -1.86. The third-order valence-corrected chi connectivity index (χ3v) is 1.78. The van der Waals surface area contributed by atoms with Crippen LogP contribution in [0.4, 0.5) is 0 Å². The summed E-state index contributed by atoms with van der Waals surface area (Å²) < 4.78 is 0. The Labute approximate surface area is 56.4 Å². The number of hydrogen-bond donors (Lipinski definition) is 0. The Bertz CT molecular complexity index is 96.6. The summed E-state index contributed by atoms with van der Waals surface area (Å²) >= 11 is 1.90. The van der Waals surface area contributed by atoms with Gasteiger partial charge in [0.25, 0.3) is 10.2 Å². The molecule has 0 aromatic carbocycles. The van der Waals surface area contributed by atoms with Crippen molar-refractivity contribution in [1.82, 2.24) is 0 Å². The van der Waals surface area contributed by atoms with Gasteiger partial charge in [-0.2, -0.15) is 0 Å². The predicted octanol–water partition coefficient (Wildman–Crippen LogP) is 0.766. The van der Waals surface area contributed by atoms with E-state index in [1.165, 1.54) is 0 Å². The monoisotopic (exact) mass is 150 g/mol. The second kappa shape index (κ2) is 3.97. The molecule has 0 amide bonds. The molecule has 0 aromatic rings. The summed E-state index contributed by atoms with van der Waals surface area (Å²) in [4.78, 5) is 20.7. The van der Waals surface area contributed by atoms with Crippen LogP contribution in [0.15, 0.2) is 0 Å². The average molecular weight is 150 g/mol. The summed E-state index contributed by atoms with van der Waals surface area (Å²) in [7, 11) is 0. The molecule has 46 valence electrons. The first-order valence-electron chi connectivity index (χ1n) is 1.88. The summed E-state index contributed by atoms with van der Waals surface area (Å²) in [6.07, 6.45) is 3.19. The topological polar surface area (TPSA) is 34.1 Å². The van der Waals surface area contributed by atoms with Crippen LogP contribution >= 0.6 is 23.5 Å². The van der Waals surface area contributed by atoms with E-state index in [4.69, 9.17) is 0 Å². The van der Waals surface area contributed by atoms with Crippen LogP contribution in [0.3, 0.4) is 0 Å². The van der Waals surface area contributed by atoms with Gasteiger partial charge in [0, 0.05) is 0 Å². The molecule has 0 saturated carbocycles. The molecule has 0 N–H and O–H groups in total. The molecule has 0 radical (unpaired) electrons. The molecule has 0 fully saturated rings. The third-order valence-electron chi connectivity index (χ3n) is 0.537. The van der Waals surface area contributed by atoms with E-state index in [-0.39, 0.29) is 10.2 Å². The van der Waals surface area contributed by atoms with E-state index < -0.39 is 0 Å². The predicted molar refractivity (Wildman–Crippen MR) is 37.0 cm³/mol. The fraction of sp³-hybridized carbons (Fsp3) is 0.500. The maximum absolute atomic E-state index is 10.3. The Morgan fingerprint density at radius 1 is 1.00 bits per heavy atom. The summed E-state index contributed by atoms with van der Waals surface area (Å²) in [6, 6.07) is 0. The van der Waals surface area contributed by atoms with Crippen molar-refractivity contribution in [3.05, 3.63) is 0 Å². The zero-order chi connectivity index (χ0) is 6.57. The van der Waals surface area contributed by atoms with E-state index in [1.54, 1.807) is 12.5 Å². The standard InChI is InChI=1S/C4H6O2S2/c1-7-3(5)4(6)8-2/h1-2H3. The van der Waals surface area contributed by atoms with E-state index in [0.717, 1.165) is 23.5 Å². The molecule has 0 saturated heterocycles. The van der Waals surface area contributed by atoms with Crippen LogP contribution in [0.5, 0.6) is 0 Å². The molecular formula is C4H6O2S2. The Balaban J connectivity index is 3.64. The maximum Gasteiger partial charge on any atom is 0.265 e. The van der Waals surface area contributed by atoms with Crippen LogP contribution in [-0.2, 0) is 9.59 Å². The highest BCUT2D eigenvalue weighted by molar-refractivity contribution is 8.24. The molecule has 0 aliphatic rings. The van der Waals surface area contributed by atoms with Gasteiger partial charge in [-0.25, -0.2) is 0 Å². The summed E-state index contributed by atoms with van der Waals surface area (Å²) in [5, 5.41) is -0.755. The van der Waals surface area contributed by atoms with Gasteiger partial charge in [0.2, 0.25) is 0 Å². The summed E-state index contributed by atoms with van der Waals surface area (Å²) in [5.74, 6) is 0. The van der Waals surface area contributed by atoms with Crippen molar-refractivity contribution in [2.45, 2.75) is 0 Å². The van der Waals surface area contributed by atoms with Crippen LogP contribution in [0, 0.1) is 0 Å². The van der Waals surface area contributed by atoms with Crippen LogP contribution in [0.25, 0.3) is 0 Å². The van der Waals surface area contributed by atoms with Crippen molar-refractivity contribution >= 4 is 33.8 Å². The molecule has 0 heterocycles. The molecule has 0 aliphatic carbocycles. The highest BCUT2D eigenvalue weighted by atomic mass is 32.2. The quantitative estimate of drug-likeness (QED) is 0.478. The maximum atomic E-state index is 10.3. The van der Waals surface area contributed by atoms with Crippen LogP contribution < -0.4 is 0 Å². The molecule has 0 rings (SSSR count). The largest absolute Gasteiger partial charge is 0.277 e. The Hall–Kier alpha value is 0.0400. The lowest BCUT2D eigenvalue weighted by molar-refractivity contribution is -0.126. The van der Waals surface area contributed by atoms with E-state index >= 15 is 0 Å². The molecule has 4 heteroatoms. The molecule has 2 nitrogen and oxygen atoms in total. The van der Waals surface area contributed by atoms with Gasteiger partial charge in [-0.05, 0) is 12.5 Å². The molecule has 0 atom stereocenters. The van der Waals surface area contributed by atoms with Crippen LogP contribution in [-0.4, -0.2) is 22.7 Å². The first-order chi connectivity index (χ1) is 3.72. The minimum absolute atomic E-state index is 0.377. The van der Waals surface area contributed by atoms with Crippen LogP contribution in [0.2, 0.25) is 0 Å². The molecule has 0 aromatic heterocycles. The van der Waals surface area contributed by atoms with Gasteiger partial charge < -0.3 is 0 Å². The van der Waals surface area contributed by atoms with Crippen molar-refractivity contribution < 1.29 is 9.59 Å². The van der Waals surface area contributed by atoms with Crippen molar-refractivity contribution in [3.8, 4) is 0 Å². The first kappa shape index (κ1) is 8.04.